The summed E-state index contributed by atoms with van der Waals surface area (Å²) in [6, 6.07) is 20.7. The minimum Gasteiger partial charge on any atom is -0.367 e. The number of carbonyl (C=O) groups is 1. The van der Waals surface area contributed by atoms with Crippen molar-refractivity contribution in [2.24, 2.45) is 0 Å². The Labute approximate surface area is 222 Å². The Morgan fingerprint density at radius 1 is 1.09 bits per heavy atom. The maximum Gasteiger partial charge on any atom is 0.248 e. The summed E-state index contributed by atoms with van der Waals surface area (Å²) in [4.78, 5) is 16.3. The molecule has 1 amide bonds. The summed E-state index contributed by atoms with van der Waals surface area (Å²) in [6.07, 6.45) is 8.36. The quantitative estimate of drug-likeness (QED) is 0.211. The molecule has 5 nitrogen and oxygen atoms in total. The van der Waals surface area contributed by atoms with Gasteiger partial charge >= 0.3 is 0 Å². The molecule has 0 radical (unpaired) electrons. The van der Waals surface area contributed by atoms with Gasteiger partial charge in [0.15, 0.2) is 0 Å². The van der Waals surface area contributed by atoms with Crippen molar-refractivity contribution >= 4 is 56.8 Å². The van der Waals surface area contributed by atoms with Gasteiger partial charge in [-0.15, -0.1) is 0 Å². The normalized spacial score (nSPS) is 12.1. The van der Waals surface area contributed by atoms with Crippen LogP contribution < -0.4 is 5.32 Å². The van der Waals surface area contributed by atoms with Crippen LogP contribution >= 0.6 is 39.1 Å². The molecule has 0 aliphatic rings. The molecule has 8 heteroatoms. The molecule has 178 valence electrons. The molecule has 0 aliphatic carbocycles. The highest BCUT2D eigenvalue weighted by Gasteiger charge is 2.17. The molecular weight excluding hydrogens is 549 g/mol. The van der Waals surface area contributed by atoms with Crippen LogP contribution in [0.15, 0.2) is 96.0 Å². The zero-order valence-corrected chi connectivity index (χ0v) is 21.7. The van der Waals surface area contributed by atoms with Crippen molar-refractivity contribution in [3.8, 4) is 0 Å². The van der Waals surface area contributed by atoms with Gasteiger partial charge in [0.05, 0.1) is 19.5 Å². The van der Waals surface area contributed by atoms with Gasteiger partial charge in [0.1, 0.15) is 6.10 Å². The highest BCUT2D eigenvalue weighted by atomic mass is 79.9. The first-order valence-corrected chi connectivity index (χ1v) is 12.4. The van der Waals surface area contributed by atoms with E-state index in [1.54, 1.807) is 30.7 Å². The molecule has 0 saturated carbocycles. The van der Waals surface area contributed by atoms with E-state index in [0.717, 1.165) is 26.9 Å². The van der Waals surface area contributed by atoms with Crippen molar-refractivity contribution in [1.82, 2.24) is 9.55 Å². The van der Waals surface area contributed by atoms with Gasteiger partial charge in [-0.05, 0) is 53.6 Å². The zero-order chi connectivity index (χ0) is 24.6. The molecule has 0 saturated heterocycles. The van der Waals surface area contributed by atoms with Crippen molar-refractivity contribution < 1.29 is 9.53 Å². The fourth-order valence-electron chi connectivity index (χ4n) is 3.40. The van der Waals surface area contributed by atoms with Crippen molar-refractivity contribution in [1.29, 1.82) is 0 Å². The summed E-state index contributed by atoms with van der Waals surface area (Å²) in [5, 5.41) is 3.97. The van der Waals surface area contributed by atoms with E-state index in [1.807, 2.05) is 65.4 Å². The molecule has 1 aromatic heterocycles. The highest BCUT2D eigenvalue weighted by Crippen LogP contribution is 2.30. The number of nitrogens with zero attached hydrogens (tertiary/aromatic N) is 2. The number of benzene rings is 3. The number of rotatable bonds is 9. The van der Waals surface area contributed by atoms with Crippen molar-refractivity contribution in [2.75, 3.05) is 5.32 Å². The molecule has 35 heavy (non-hydrogen) atoms. The van der Waals surface area contributed by atoms with Gasteiger partial charge in [-0.1, -0.05) is 69.5 Å². The van der Waals surface area contributed by atoms with Crippen LogP contribution in [0.4, 0.5) is 5.69 Å². The second-order valence-corrected chi connectivity index (χ2v) is 9.56. The van der Waals surface area contributed by atoms with Crippen molar-refractivity contribution in [3.05, 3.63) is 123 Å². The van der Waals surface area contributed by atoms with E-state index in [2.05, 4.69) is 26.2 Å². The second kappa shape index (κ2) is 12.2. The number of halogens is 3. The lowest BCUT2D eigenvalue weighted by Gasteiger charge is -2.20. The van der Waals surface area contributed by atoms with Crippen molar-refractivity contribution in [3.63, 3.8) is 0 Å². The smallest absolute Gasteiger partial charge is 0.248 e. The average molecular weight is 571 g/mol. The van der Waals surface area contributed by atoms with Crippen LogP contribution in [-0.2, 0) is 22.7 Å². The van der Waals surface area contributed by atoms with Gasteiger partial charge in [-0.25, -0.2) is 4.98 Å². The number of ether oxygens (including phenoxy) is 1. The molecule has 3 aromatic carbocycles. The third-order valence-corrected chi connectivity index (χ3v) is 6.31. The molecule has 1 heterocycles. The van der Waals surface area contributed by atoms with Crippen LogP contribution in [0.25, 0.3) is 6.08 Å². The maximum absolute atomic E-state index is 12.2. The Bertz CT molecular complexity index is 1290. The summed E-state index contributed by atoms with van der Waals surface area (Å²) in [5.74, 6) is -0.193. The van der Waals surface area contributed by atoms with E-state index >= 15 is 0 Å². The van der Waals surface area contributed by atoms with E-state index in [0.29, 0.717) is 23.2 Å². The number of anilines is 1. The average Bonchev–Trinajstić information content (AvgIpc) is 3.36. The third kappa shape index (κ3) is 7.54. The molecule has 4 aromatic rings. The Morgan fingerprint density at radius 3 is 2.54 bits per heavy atom. The van der Waals surface area contributed by atoms with Crippen LogP contribution in [0.5, 0.6) is 0 Å². The lowest BCUT2D eigenvalue weighted by molar-refractivity contribution is -0.111. The van der Waals surface area contributed by atoms with E-state index in [1.165, 1.54) is 6.08 Å². The van der Waals surface area contributed by atoms with Crippen LogP contribution in [0, 0.1) is 0 Å². The van der Waals surface area contributed by atoms with E-state index in [-0.39, 0.29) is 12.0 Å². The molecule has 0 fully saturated rings. The number of hydrogen-bond acceptors (Lipinski definition) is 3. The van der Waals surface area contributed by atoms with Gasteiger partial charge in [0.2, 0.25) is 5.91 Å². The number of nitrogens with one attached hydrogen (secondary N) is 1. The Morgan fingerprint density at radius 2 is 1.86 bits per heavy atom. The minimum absolute atomic E-state index is 0.193. The van der Waals surface area contributed by atoms with Crippen LogP contribution in [0.3, 0.4) is 0 Å². The predicted octanol–water partition coefficient (Wildman–Crippen LogP) is 7.56. The number of carbonyl (C=O) groups excluding carboxylic acids is 1. The molecule has 0 aliphatic heterocycles. The summed E-state index contributed by atoms with van der Waals surface area (Å²) >= 11 is 15.9. The van der Waals surface area contributed by atoms with Crippen molar-refractivity contribution in [2.45, 2.75) is 19.3 Å². The number of imidazole rings is 1. The Balaban J connectivity index is 1.37. The molecule has 1 unspecified atom stereocenters. The van der Waals surface area contributed by atoms with Gasteiger partial charge in [-0.3, -0.25) is 4.79 Å². The Hall–Kier alpha value is -2.90. The largest absolute Gasteiger partial charge is 0.367 e. The van der Waals surface area contributed by atoms with Gasteiger partial charge < -0.3 is 14.6 Å². The summed E-state index contributed by atoms with van der Waals surface area (Å²) < 4.78 is 9.16. The molecule has 1 N–H and O–H groups in total. The zero-order valence-electron chi connectivity index (χ0n) is 18.6. The fraction of sp³-hybridized carbons (Fsp3) is 0.111. The van der Waals surface area contributed by atoms with Gasteiger partial charge in [0, 0.05) is 44.2 Å². The van der Waals surface area contributed by atoms with Crippen LogP contribution in [0.1, 0.15) is 22.8 Å². The lowest BCUT2D eigenvalue weighted by atomic mass is 10.1. The van der Waals surface area contributed by atoms with Gasteiger partial charge in [0.25, 0.3) is 0 Å². The fourth-order valence-corrected chi connectivity index (χ4v) is 4.20. The maximum atomic E-state index is 12.2. The first-order valence-electron chi connectivity index (χ1n) is 10.8. The first kappa shape index (κ1) is 25.2. The summed E-state index contributed by atoms with van der Waals surface area (Å²) in [6.45, 7) is 0.960. The SMILES string of the molecule is O=C(/C=C/c1ccc(COC(Cn2ccnc2)c2ccc(Cl)cc2Cl)cc1)Nc1ccc(Br)cc1. The highest BCUT2D eigenvalue weighted by molar-refractivity contribution is 9.10. The predicted molar refractivity (Wildman–Crippen MR) is 144 cm³/mol. The topological polar surface area (TPSA) is 56.2 Å². The molecule has 0 bridgehead atoms. The molecule has 1 atom stereocenters. The summed E-state index contributed by atoms with van der Waals surface area (Å²) in [7, 11) is 0. The lowest BCUT2D eigenvalue weighted by Crippen LogP contribution is -2.12. The molecule has 4 rings (SSSR count). The third-order valence-electron chi connectivity index (χ3n) is 5.22. The summed E-state index contributed by atoms with van der Waals surface area (Å²) in [5.41, 5.74) is 3.51. The second-order valence-electron chi connectivity index (χ2n) is 7.80. The number of aromatic nitrogens is 2. The van der Waals surface area contributed by atoms with E-state index in [9.17, 15) is 4.79 Å². The van der Waals surface area contributed by atoms with Crippen LogP contribution in [-0.4, -0.2) is 15.5 Å². The van der Waals surface area contributed by atoms with Crippen LogP contribution in [0.2, 0.25) is 10.0 Å². The number of amides is 1. The van der Waals surface area contributed by atoms with Gasteiger partial charge in [-0.2, -0.15) is 0 Å². The first-order chi connectivity index (χ1) is 17.0. The van der Waals surface area contributed by atoms with E-state index < -0.39 is 0 Å². The standard InChI is InChI=1S/C27H22BrCl2N3O2/c28-21-6-9-23(10-7-21)32-27(34)12-5-19-1-3-20(4-2-19)17-35-26(16-33-14-13-31-18-33)24-11-8-22(29)15-25(24)30/h1-15,18,26H,16-17H2,(H,32,34)/b12-5+. The van der Waals surface area contributed by atoms with E-state index in [4.69, 9.17) is 27.9 Å². The minimum atomic E-state index is -0.282. The molecular formula is C27H22BrCl2N3O2. The Kier molecular flexibility index (Phi) is 8.77. The number of hydrogen-bond donors (Lipinski definition) is 1. The monoisotopic (exact) mass is 569 g/mol. The molecule has 0 spiro atoms.